The second kappa shape index (κ2) is 6.44. The second-order valence-electron chi connectivity index (χ2n) is 5.46. The van der Waals surface area contributed by atoms with Gasteiger partial charge in [0, 0.05) is 6.54 Å². The quantitative estimate of drug-likeness (QED) is 0.659. The maximum atomic E-state index is 3.61. The summed E-state index contributed by atoms with van der Waals surface area (Å²) >= 11 is 0. The van der Waals surface area contributed by atoms with Gasteiger partial charge in [0.05, 0.1) is 0 Å². The number of nitrogens with one attached hydrogen (secondary N) is 1. The van der Waals surface area contributed by atoms with E-state index in [1.54, 1.807) is 0 Å². The smallest absolute Gasteiger partial charge is 0.000508 e. The molecule has 0 atom stereocenters. The van der Waals surface area contributed by atoms with E-state index in [0.717, 1.165) is 18.4 Å². The fourth-order valence-electron chi connectivity index (χ4n) is 1.38. The molecule has 1 heteroatoms. The minimum atomic E-state index is 0.423. The van der Waals surface area contributed by atoms with Crippen LogP contribution in [-0.2, 0) is 0 Å². The first-order chi connectivity index (χ1) is 6.44. The summed E-state index contributed by atoms with van der Waals surface area (Å²) in [5.41, 5.74) is 0.423. The molecule has 0 rings (SSSR count). The van der Waals surface area contributed by atoms with E-state index in [1.807, 2.05) is 0 Å². The van der Waals surface area contributed by atoms with E-state index in [-0.39, 0.29) is 0 Å². The molecule has 0 amide bonds. The minimum Gasteiger partial charge on any atom is -0.316 e. The van der Waals surface area contributed by atoms with Gasteiger partial charge in [-0.15, -0.1) is 0 Å². The Morgan fingerprint density at radius 1 is 1.07 bits per heavy atom. The molecule has 0 aliphatic rings. The van der Waals surface area contributed by atoms with Gasteiger partial charge >= 0.3 is 0 Å². The highest BCUT2D eigenvalue weighted by Crippen LogP contribution is 2.24. The van der Waals surface area contributed by atoms with Gasteiger partial charge in [0.1, 0.15) is 0 Å². The van der Waals surface area contributed by atoms with E-state index in [2.05, 4.69) is 46.9 Å². The second-order valence-corrected chi connectivity index (χ2v) is 5.46. The van der Waals surface area contributed by atoms with Crippen molar-refractivity contribution in [1.29, 1.82) is 0 Å². The molecule has 0 bridgehead atoms. The summed E-state index contributed by atoms with van der Waals surface area (Å²) in [7, 11) is 0. The van der Waals surface area contributed by atoms with Gasteiger partial charge in [-0.25, -0.2) is 0 Å². The van der Waals surface area contributed by atoms with E-state index >= 15 is 0 Å². The summed E-state index contributed by atoms with van der Waals surface area (Å²) in [4.78, 5) is 0. The molecule has 0 spiro atoms. The van der Waals surface area contributed by atoms with E-state index in [9.17, 15) is 0 Å². The molecule has 0 unspecified atom stereocenters. The molecular formula is C13H29N. The summed E-state index contributed by atoms with van der Waals surface area (Å²) in [5.74, 6) is 1.61. The van der Waals surface area contributed by atoms with Gasteiger partial charge in [-0.3, -0.25) is 0 Å². The molecule has 0 aliphatic heterocycles. The molecule has 0 saturated carbocycles. The standard InChI is InChI=1S/C13H29N/c1-7-12(8-2)9-14-10-13(5,6)11(3)4/h11-12,14H,7-10H2,1-6H3. The van der Waals surface area contributed by atoms with Crippen LogP contribution in [-0.4, -0.2) is 13.1 Å². The highest BCUT2D eigenvalue weighted by molar-refractivity contribution is 4.75. The van der Waals surface area contributed by atoms with Crippen molar-refractivity contribution in [1.82, 2.24) is 5.32 Å². The minimum absolute atomic E-state index is 0.423. The molecule has 0 saturated heterocycles. The number of hydrogen-bond acceptors (Lipinski definition) is 1. The summed E-state index contributed by atoms with van der Waals surface area (Å²) in [6.07, 6.45) is 2.59. The molecular weight excluding hydrogens is 170 g/mol. The van der Waals surface area contributed by atoms with Crippen LogP contribution in [0.3, 0.4) is 0 Å². The molecule has 0 aromatic heterocycles. The summed E-state index contributed by atoms with van der Waals surface area (Å²) in [6, 6.07) is 0. The Morgan fingerprint density at radius 3 is 1.93 bits per heavy atom. The van der Waals surface area contributed by atoms with Crippen molar-refractivity contribution in [2.24, 2.45) is 17.3 Å². The zero-order chi connectivity index (χ0) is 11.2. The van der Waals surface area contributed by atoms with Crippen LogP contribution >= 0.6 is 0 Å². The van der Waals surface area contributed by atoms with Gasteiger partial charge in [-0.1, -0.05) is 54.4 Å². The van der Waals surface area contributed by atoms with Crippen LogP contribution in [0.25, 0.3) is 0 Å². The largest absolute Gasteiger partial charge is 0.316 e. The molecule has 0 radical (unpaired) electrons. The van der Waals surface area contributed by atoms with Gasteiger partial charge in [0.25, 0.3) is 0 Å². The van der Waals surface area contributed by atoms with Crippen molar-refractivity contribution in [3.63, 3.8) is 0 Å². The van der Waals surface area contributed by atoms with Gasteiger partial charge in [0.2, 0.25) is 0 Å². The molecule has 1 nitrogen and oxygen atoms in total. The Morgan fingerprint density at radius 2 is 1.57 bits per heavy atom. The van der Waals surface area contributed by atoms with Crippen molar-refractivity contribution in [3.05, 3.63) is 0 Å². The molecule has 0 aromatic rings. The molecule has 0 heterocycles. The van der Waals surface area contributed by atoms with Crippen molar-refractivity contribution in [2.45, 2.75) is 54.4 Å². The lowest BCUT2D eigenvalue weighted by Crippen LogP contribution is -2.35. The average molecular weight is 199 g/mol. The normalized spacial score (nSPS) is 12.9. The topological polar surface area (TPSA) is 12.0 Å². The summed E-state index contributed by atoms with van der Waals surface area (Å²) < 4.78 is 0. The predicted molar refractivity (Wildman–Crippen MR) is 65.6 cm³/mol. The number of rotatable bonds is 7. The highest BCUT2D eigenvalue weighted by atomic mass is 14.9. The van der Waals surface area contributed by atoms with Gasteiger partial charge < -0.3 is 5.32 Å². The number of hydrogen-bond donors (Lipinski definition) is 1. The van der Waals surface area contributed by atoms with Crippen LogP contribution in [0.5, 0.6) is 0 Å². The Bertz CT molecular complexity index is 134. The zero-order valence-corrected chi connectivity index (χ0v) is 11.0. The van der Waals surface area contributed by atoms with Crippen molar-refractivity contribution in [3.8, 4) is 0 Å². The Hall–Kier alpha value is -0.0400. The van der Waals surface area contributed by atoms with Crippen molar-refractivity contribution < 1.29 is 0 Å². The Kier molecular flexibility index (Phi) is 6.43. The molecule has 0 fully saturated rings. The predicted octanol–water partition coefficient (Wildman–Crippen LogP) is 3.69. The third-order valence-electron chi connectivity index (χ3n) is 3.73. The third kappa shape index (κ3) is 4.99. The summed E-state index contributed by atoms with van der Waals surface area (Å²) in [5, 5.41) is 3.61. The Balaban J connectivity index is 3.72. The van der Waals surface area contributed by atoms with Gasteiger partial charge in [-0.2, -0.15) is 0 Å². The summed E-state index contributed by atoms with van der Waals surface area (Å²) in [6.45, 7) is 16.2. The fourth-order valence-corrected chi connectivity index (χ4v) is 1.38. The maximum absolute atomic E-state index is 3.61. The van der Waals surface area contributed by atoms with E-state index < -0.39 is 0 Å². The maximum Gasteiger partial charge on any atom is 0.000508 e. The van der Waals surface area contributed by atoms with Crippen LogP contribution < -0.4 is 5.32 Å². The molecule has 14 heavy (non-hydrogen) atoms. The first kappa shape index (κ1) is 14.0. The van der Waals surface area contributed by atoms with Crippen LogP contribution in [0, 0.1) is 17.3 Å². The molecule has 86 valence electrons. The van der Waals surface area contributed by atoms with Gasteiger partial charge in [0.15, 0.2) is 0 Å². The lowest BCUT2D eigenvalue weighted by molar-refractivity contribution is 0.232. The van der Waals surface area contributed by atoms with Crippen LogP contribution in [0.15, 0.2) is 0 Å². The van der Waals surface area contributed by atoms with E-state index in [1.165, 1.54) is 19.4 Å². The van der Waals surface area contributed by atoms with Crippen molar-refractivity contribution in [2.75, 3.05) is 13.1 Å². The zero-order valence-electron chi connectivity index (χ0n) is 11.0. The highest BCUT2D eigenvalue weighted by Gasteiger charge is 2.21. The van der Waals surface area contributed by atoms with Crippen molar-refractivity contribution >= 4 is 0 Å². The fraction of sp³-hybridized carbons (Fsp3) is 1.00. The third-order valence-corrected chi connectivity index (χ3v) is 3.73. The lowest BCUT2D eigenvalue weighted by atomic mass is 9.81. The van der Waals surface area contributed by atoms with Crippen LogP contribution in [0.2, 0.25) is 0 Å². The molecule has 1 N–H and O–H groups in total. The van der Waals surface area contributed by atoms with Crippen LogP contribution in [0.1, 0.15) is 54.4 Å². The van der Waals surface area contributed by atoms with E-state index in [4.69, 9.17) is 0 Å². The van der Waals surface area contributed by atoms with Crippen LogP contribution in [0.4, 0.5) is 0 Å². The monoisotopic (exact) mass is 199 g/mol. The Labute approximate surface area is 90.7 Å². The molecule has 0 aliphatic carbocycles. The van der Waals surface area contributed by atoms with E-state index in [0.29, 0.717) is 5.41 Å². The van der Waals surface area contributed by atoms with Gasteiger partial charge in [-0.05, 0) is 23.8 Å². The SMILES string of the molecule is CCC(CC)CNCC(C)(C)C(C)C. The first-order valence-corrected chi connectivity index (χ1v) is 6.14. The molecule has 0 aromatic carbocycles. The lowest BCUT2D eigenvalue weighted by Gasteiger charge is -2.30. The first-order valence-electron chi connectivity index (χ1n) is 6.14. The average Bonchev–Trinajstić information content (AvgIpc) is 2.12.